The van der Waals surface area contributed by atoms with Gasteiger partial charge in [-0.2, -0.15) is 0 Å². The SMILES string of the molecule is CC(C)CCCCCCNCC(O)c1ccc(Cl)cc1. The second kappa shape index (κ2) is 10.2. The number of benzene rings is 1. The standard InChI is InChI=1S/C17H28ClNO/c1-14(2)7-5-3-4-6-12-19-13-17(20)15-8-10-16(18)11-9-15/h8-11,14,17,19-20H,3-7,12-13H2,1-2H3. The molecule has 0 fully saturated rings. The van der Waals surface area contributed by atoms with E-state index >= 15 is 0 Å². The Bertz CT molecular complexity index is 351. The molecule has 0 heterocycles. The van der Waals surface area contributed by atoms with Crippen molar-refractivity contribution in [3.8, 4) is 0 Å². The van der Waals surface area contributed by atoms with Crippen molar-refractivity contribution >= 4 is 11.6 Å². The van der Waals surface area contributed by atoms with E-state index in [-0.39, 0.29) is 0 Å². The van der Waals surface area contributed by atoms with Crippen LogP contribution in [0.1, 0.15) is 57.6 Å². The first-order chi connectivity index (χ1) is 9.59. The topological polar surface area (TPSA) is 32.3 Å². The van der Waals surface area contributed by atoms with Crippen LogP contribution in [0.3, 0.4) is 0 Å². The van der Waals surface area contributed by atoms with E-state index in [1.807, 2.05) is 24.3 Å². The second-order valence-corrected chi connectivity index (χ2v) is 6.30. The number of halogens is 1. The van der Waals surface area contributed by atoms with Gasteiger partial charge < -0.3 is 10.4 Å². The van der Waals surface area contributed by atoms with Gasteiger partial charge in [-0.25, -0.2) is 0 Å². The molecular weight excluding hydrogens is 270 g/mol. The van der Waals surface area contributed by atoms with E-state index in [2.05, 4.69) is 19.2 Å². The van der Waals surface area contributed by atoms with Gasteiger partial charge in [0.05, 0.1) is 6.10 Å². The fourth-order valence-electron chi connectivity index (χ4n) is 2.20. The van der Waals surface area contributed by atoms with E-state index in [1.165, 1.54) is 32.1 Å². The first-order valence-corrected chi connectivity index (χ1v) is 8.11. The van der Waals surface area contributed by atoms with Crippen molar-refractivity contribution in [1.82, 2.24) is 5.32 Å². The first kappa shape index (κ1) is 17.5. The molecule has 0 bridgehead atoms. The predicted molar refractivity (Wildman–Crippen MR) is 87.2 cm³/mol. The highest BCUT2D eigenvalue weighted by Crippen LogP contribution is 2.15. The lowest BCUT2D eigenvalue weighted by atomic mass is 10.0. The van der Waals surface area contributed by atoms with Crippen LogP contribution in [0.5, 0.6) is 0 Å². The molecule has 20 heavy (non-hydrogen) atoms. The smallest absolute Gasteiger partial charge is 0.0914 e. The van der Waals surface area contributed by atoms with Crippen molar-refractivity contribution < 1.29 is 5.11 Å². The minimum absolute atomic E-state index is 0.451. The molecule has 1 aromatic rings. The molecule has 0 aliphatic rings. The third-order valence-corrected chi connectivity index (χ3v) is 3.73. The number of aliphatic hydroxyl groups excluding tert-OH is 1. The Morgan fingerprint density at radius 3 is 2.35 bits per heavy atom. The summed E-state index contributed by atoms with van der Waals surface area (Å²) < 4.78 is 0. The second-order valence-electron chi connectivity index (χ2n) is 5.87. The summed E-state index contributed by atoms with van der Waals surface area (Å²) in [7, 11) is 0. The lowest BCUT2D eigenvalue weighted by Gasteiger charge is -2.12. The van der Waals surface area contributed by atoms with Gasteiger partial charge in [-0.05, 0) is 36.6 Å². The third kappa shape index (κ3) is 7.88. The highest BCUT2D eigenvalue weighted by molar-refractivity contribution is 6.30. The van der Waals surface area contributed by atoms with Crippen LogP contribution in [0.4, 0.5) is 0 Å². The van der Waals surface area contributed by atoms with E-state index in [1.54, 1.807) is 0 Å². The van der Waals surface area contributed by atoms with Gasteiger partial charge in [-0.1, -0.05) is 63.3 Å². The predicted octanol–water partition coefficient (Wildman–Crippen LogP) is 4.57. The van der Waals surface area contributed by atoms with Gasteiger partial charge in [-0.15, -0.1) is 0 Å². The molecule has 114 valence electrons. The summed E-state index contributed by atoms with van der Waals surface area (Å²) in [5.74, 6) is 0.822. The zero-order valence-electron chi connectivity index (χ0n) is 12.7. The van der Waals surface area contributed by atoms with Crippen molar-refractivity contribution in [1.29, 1.82) is 0 Å². The Morgan fingerprint density at radius 1 is 1.05 bits per heavy atom. The van der Waals surface area contributed by atoms with E-state index < -0.39 is 6.10 Å². The molecule has 3 heteroatoms. The van der Waals surface area contributed by atoms with Gasteiger partial charge in [0.15, 0.2) is 0 Å². The van der Waals surface area contributed by atoms with Gasteiger partial charge >= 0.3 is 0 Å². The summed E-state index contributed by atoms with van der Waals surface area (Å²) in [6, 6.07) is 7.38. The molecule has 0 aliphatic heterocycles. The molecule has 0 aliphatic carbocycles. The molecule has 1 rings (SSSR count). The summed E-state index contributed by atoms with van der Waals surface area (Å²) in [4.78, 5) is 0. The third-order valence-electron chi connectivity index (χ3n) is 3.48. The van der Waals surface area contributed by atoms with E-state index in [0.29, 0.717) is 11.6 Å². The number of aliphatic hydroxyl groups is 1. The van der Waals surface area contributed by atoms with Crippen LogP contribution in [-0.4, -0.2) is 18.2 Å². The quantitative estimate of drug-likeness (QED) is 0.620. The van der Waals surface area contributed by atoms with Crippen LogP contribution in [-0.2, 0) is 0 Å². The van der Waals surface area contributed by atoms with Gasteiger partial charge in [0, 0.05) is 11.6 Å². The average molecular weight is 298 g/mol. The number of hydrogen-bond acceptors (Lipinski definition) is 2. The number of hydrogen-bond donors (Lipinski definition) is 2. The van der Waals surface area contributed by atoms with Gasteiger partial charge in [0.1, 0.15) is 0 Å². The zero-order valence-corrected chi connectivity index (χ0v) is 13.5. The summed E-state index contributed by atoms with van der Waals surface area (Å²) >= 11 is 5.83. The fraction of sp³-hybridized carbons (Fsp3) is 0.647. The van der Waals surface area contributed by atoms with Crippen LogP contribution in [0, 0.1) is 5.92 Å². The fourth-order valence-corrected chi connectivity index (χ4v) is 2.32. The molecule has 0 amide bonds. The molecule has 1 aromatic carbocycles. The molecule has 1 atom stereocenters. The highest BCUT2D eigenvalue weighted by atomic mass is 35.5. The van der Waals surface area contributed by atoms with Gasteiger partial charge in [0.2, 0.25) is 0 Å². The Labute approximate surface area is 128 Å². The average Bonchev–Trinajstić information content (AvgIpc) is 2.42. The maximum atomic E-state index is 10.0. The first-order valence-electron chi connectivity index (χ1n) is 7.74. The molecule has 2 nitrogen and oxygen atoms in total. The molecule has 0 saturated carbocycles. The summed E-state index contributed by atoms with van der Waals surface area (Å²) in [6.07, 6.45) is 6.00. The maximum absolute atomic E-state index is 10.0. The lowest BCUT2D eigenvalue weighted by Crippen LogP contribution is -2.22. The molecule has 0 radical (unpaired) electrons. The van der Waals surface area contributed by atoms with Gasteiger partial charge in [0.25, 0.3) is 0 Å². The van der Waals surface area contributed by atoms with Crippen molar-refractivity contribution in [2.75, 3.05) is 13.1 Å². The number of nitrogens with one attached hydrogen (secondary N) is 1. The van der Waals surface area contributed by atoms with E-state index in [0.717, 1.165) is 18.0 Å². The normalized spacial score (nSPS) is 12.8. The summed E-state index contributed by atoms with van der Waals surface area (Å²) in [5, 5.41) is 14.0. The Kier molecular flexibility index (Phi) is 8.92. The van der Waals surface area contributed by atoms with Gasteiger partial charge in [-0.3, -0.25) is 0 Å². The number of unbranched alkanes of at least 4 members (excludes halogenated alkanes) is 3. The monoisotopic (exact) mass is 297 g/mol. The minimum Gasteiger partial charge on any atom is -0.387 e. The van der Waals surface area contributed by atoms with Crippen molar-refractivity contribution in [2.24, 2.45) is 5.92 Å². The maximum Gasteiger partial charge on any atom is 0.0914 e. The van der Waals surface area contributed by atoms with Crippen molar-refractivity contribution in [3.63, 3.8) is 0 Å². The minimum atomic E-state index is -0.451. The van der Waals surface area contributed by atoms with Crippen molar-refractivity contribution in [2.45, 2.75) is 52.1 Å². The molecular formula is C17H28ClNO. The van der Waals surface area contributed by atoms with E-state index in [9.17, 15) is 5.11 Å². The molecule has 0 aromatic heterocycles. The van der Waals surface area contributed by atoms with Crippen molar-refractivity contribution in [3.05, 3.63) is 34.9 Å². The van der Waals surface area contributed by atoms with Crippen LogP contribution < -0.4 is 5.32 Å². The zero-order chi connectivity index (χ0) is 14.8. The van der Waals surface area contributed by atoms with Crippen LogP contribution in [0.25, 0.3) is 0 Å². The molecule has 0 spiro atoms. The van der Waals surface area contributed by atoms with Crippen LogP contribution >= 0.6 is 11.6 Å². The molecule has 1 unspecified atom stereocenters. The molecule has 2 N–H and O–H groups in total. The Hall–Kier alpha value is -0.570. The Morgan fingerprint density at radius 2 is 1.70 bits per heavy atom. The summed E-state index contributed by atoms with van der Waals surface area (Å²) in [6.45, 7) is 6.14. The number of rotatable bonds is 10. The largest absolute Gasteiger partial charge is 0.387 e. The van der Waals surface area contributed by atoms with Crippen LogP contribution in [0.2, 0.25) is 5.02 Å². The molecule has 0 saturated heterocycles. The summed E-state index contributed by atoms with van der Waals surface area (Å²) in [5.41, 5.74) is 0.916. The lowest BCUT2D eigenvalue weighted by molar-refractivity contribution is 0.174. The van der Waals surface area contributed by atoms with E-state index in [4.69, 9.17) is 11.6 Å². The highest BCUT2D eigenvalue weighted by Gasteiger charge is 2.06. The Balaban J connectivity index is 2.02. The van der Waals surface area contributed by atoms with Crippen LogP contribution in [0.15, 0.2) is 24.3 Å².